The number of nitrogens with zero attached hydrogens (tertiary/aromatic N) is 3. The topological polar surface area (TPSA) is 52.6 Å². The molecular formula is C17H32IN5S. The number of nitrogens with one attached hydrogen (secondary N) is 2. The molecule has 2 heterocycles. The smallest absolute Gasteiger partial charge is 0.191 e. The summed E-state index contributed by atoms with van der Waals surface area (Å²) in [6.45, 7) is 11.5. The SMILES string of the molecule is CCNC(=NCC1CCCCN1CC)NCCc1ncc(C)s1.I. The molecule has 1 aliphatic rings. The molecule has 1 fully saturated rings. The Labute approximate surface area is 167 Å². The fraction of sp³-hybridized carbons (Fsp3) is 0.765. The highest BCUT2D eigenvalue weighted by Gasteiger charge is 2.20. The summed E-state index contributed by atoms with van der Waals surface area (Å²) in [5.74, 6) is 0.933. The highest BCUT2D eigenvalue weighted by Crippen LogP contribution is 2.16. The number of hydrogen-bond acceptors (Lipinski definition) is 4. The summed E-state index contributed by atoms with van der Waals surface area (Å²) in [7, 11) is 0. The second-order valence-electron chi connectivity index (χ2n) is 6.04. The molecule has 0 saturated carbocycles. The van der Waals surface area contributed by atoms with E-state index in [4.69, 9.17) is 4.99 Å². The molecule has 0 spiro atoms. The molecule has 1 saturated heterocycles. The van der Waals surface area contributed by atoms with Crippen molar-refractivity contribution in [2.45, 2.75) is 52.5 Å². The van der Waals surface area contributed by atoms with Gasteiger partial charge in [0.25, 0.3) is 0 Å². The van der Waals surface area contributed by atoms with Gasteiger partial charge in [-0.25, -0.2) is 4.98 Å². The Balaban J connectivity index is 0.00000288. The van der Waals surface area contributed by atoms with Gasteiger partial charge in [-0.15, -0.1) is 35.3 Å². The van der Waals surface area contributed by atoms with Crippen LogP contribution in [0, 0.1) is 6.92 Å². The van der Waals surface area contributed by atoms with E-state index in [1.807, 2.05) is 6.20 Å². The van der Waals surface area contributed by atoms with Crippen LogP contribution in [0.5, 0.6) is 0 Å². The molecule has 0 amide bonds. The number of aryl methyl sites for hydroxylation is 1. The van der Waals surface area contributed by atoms with Crippen molar-refractivity contribution in [3.63, 3.8) is 0 Å². The number of guanidine groups is 1. The van der Waals surface area contributed by atoms with Gasteiger partial charge in [0.15, 0.2) is 5.96 Å². The Morgan fingerprint density at radius 2 is 2.21 bits per heavy atom. The molecule has 1 atom stereocenters. The maximum atomic E-state index is 4.81. The molecule has 2 rings (SSSR count). The average molecular weight is 465 g/mol. The van der Waals surface area contributed by atoms with Crippen molar-refractivity contribution < 1.29 is 0 Å². The lowest BCUT2D eigenvalue weighted by Gasteiger charge is -2.33. The lowest BCUT2D eigenvalue weighted by Crippen LogP contribution is -2.43. The van der Waals surface area contributed by atoms with Crippen molar-refractivity contribution in [3.05, 3.63) is 16.1 Å². The zero-order valence-corrected chi connectivity index (χ0v) is 18.3. The number of likely N-dealkylation sites (N-methyl/N-ethyl adjacent to an activating group) is 1. The minimum Gasteiger partial charge on any atom is -0.357 e. The van der Waals surface area contributed by atoms with Crippen LogP contribution in [0.3, 0.4) is 0 Å². The van der Waals surface area contributed by atoms with Crippen LogP contribution in [0.15, 0.2) is 11.2 Å². The van der Waals surface area contributed by atoms with E-state index in [0.29, 0.717) is 6.04 Å². The van der Waals surface area contributed by atoms with Crippen LogP contribution >= 0.6 is 35.3 Å². The zero-order valence-electron chi connectivity index (χ0n) is 15.2. The number of halogens is 1. The summed E-state index contributed by atoms with van der Waals surface area (Å²) in [5.41, 5.74) is 0. The van der Waals surface area contributed by atoms with E-state index in [-0.39, 0.29) is 24.0 Å². The van der Waals surface area contributed by atoms with Gasteiger partial charge in [-0.3, -0.25) is 9.89 Å². The number of thiazole rings is 1. The Hall–Kier alpha value is -0.410. The van der Waals surface area contributed by atoms with Crippen LogP contribution in [0.1, 0.15) is 43.0 Å². The van der Waals surface area contributed by atoms with E-state index < -0.39 is 0 Å². The van der Waals surface area contributed by atoms with Crippen LogP contribution in [0.2, 0.25) is 0 Å². The summed E-state index contributed by atoms with van der Waals surface area (Å²) in [4.78, 5) is 13.1. The van der Waals surface area contributed by atoms with E-state index in [9.17, 15) is 0 Å². The number of likely N-dealkylation sites (tertiary alicyclic amines) is 1. The van der Waals surface area contributed by atoms with Gasteiger partial charge in [-0.1, -0.05) is 13.3 Å². The largest absolute Gasteiger partial charge is 0.357 e. The first-order valence-corrected chi connectivity index (χ1v) is 9.72. The third-order valence-electron chi connectivity index (χ3n) is 4.26. The summed E-state index contributed by atoms with van der Waals surface area (Å²) in [5, 5.41) is 7.98. The van der Waals surface area contributed by atoms with Crippen LogP contribution in [-0.2, 0) is 6.42 Å². The van der Waals surface area contributed by atoms with Crippen molar-refractivity contribution in [3.8, 4) is 0 Å². The molecule has 1 aromatic heterocycles. The van der Waals surface area contributed by atoms with Crippen molar-refractivity contribution >= 4 is 41.3 Å². The van der Waals surface area contributed by atoms with E-state index in [1.54, 1.807) is 11.3 Å². The molecule has 0 radical (unpaired) electrons. The Kier molecular flexibility index (Phi) is 10.8. The minimum absolute atomic E-state index is 0. The molecule has 5 nitrogen and oxygen atoms in total. The molecule has 0 aliphatic carbocycles. The molecule has 24 heavy (non-hydrogen) atoms. The second-order valence-corrected chi connectivity index (χ2v) is 7.36. The van der Waals surface area contributed by atoms with Gasteiger partial charge < -0.3 is 10.6 Å². The Morgan fingerprint density at radius 1 is 1.38 bits per heavy atom. The molecular weight excluding hydrogens is 433 g/mol. The molecule has 2 N–H and O–H groups in total. The van der Waals surface area contributed by atoms with E-state index in [1.165, 1.54) is 35.7 Å². The quantitative estimate of drug-likeness (QED) is 0.369. The summed E-state index contributed by atoms with van der Waals surface area (Å²) >= 11 is 1.77. The predicted molar refractivity (Wildman–Crippen MR) is 115 cm³/mol. The van der Waals surface area contributed by atoms with Gasteiger partial charge in [0.05, 0.1) is 11.6 Å². The first-order valence-electron chi connectivity index (χ1n) is 8.90. The fourth-order valence-electron chi connectivity index (χ4n) is 3.03. The Morgan fingerprint density at radius 3 is 2.88 bits per heavy atom. The van der Waals surface area contributed by atoms with Crippen LogP contribution < -0.4 is 10.6 Å². The monoisotopic (exact) mass is 465 g/mol. The highest BCUT2D eigenvalue weighted by molar-refractivity contribution is 14.0. The van der Waals surface area contributed by atoms with E-state index in [2.05, 4.69) is 41.3 Å². The fourth-order valence-corrected chi connectivity index (χ4v) is 3.81. The lowest BCUT2D eigenvalue weighted by atomic mass is 10.0. The average Bonchev–Trinajstić information content (AvgIpc) is 2.98. The first-order chi connectivity index (χ1) is 11.2. The first kappa shape index (κ1) is 21.6. The number of rotatable bonds is 7. The van der Waals surface area contributed by atoms with Gasteiger partial charge in [-0.2, -0.15) is 0 Å². The molecule has 0 bridgehead atoms. The minimum atomic E-state index is 0. The number of aliphatic imine (C=N–C) groups is 1. The predicted octanol–water partition coefficient (Wildman–Crippen LogP) is 3.04. The third-order valence-corrected chi connectivity index (χ3v) is 5.23. The van der Waals surface area contributed by atoms with E-state index in [0.717, 1.165) is 38.6 Å². The lowest BCUT2D eigenvalue weighted by molar-refractivity contribution is 0.161. The van der Waals surface area contributed by atoms with Crippen molar-refractivity contribution in [2.75, 3.05) is 32.7 Å². The third kappa shape index (κ3) is 7.23. The van der Waals surface area contributed by atoms with Gasteiger partial charge in [0.1, 0.15) is 0 Å². The molecule has 1 aliphatic heterocycles. The molecule has 1 unspecified atom stereocenters. The van der Waals surface area contributed by atoms with Gasteiger partial charge in [-0.05, 0) is 39.8 Å². The zero-order chi connectivity index (χ0) is 16.5. The standard InChI is InChI=1S/C17H31N5S.HI/c1-4-18-17(19-10-9-16-20-12-14(3)23-16)21-13-15-8-6-7-11-22(15)5-2;/h12,15H,4-11,13H2,1-3H3,(H2,18,19,21);1H. The van der Waals surface area contributed by atoms with Crippen molar-refractivity contribution in [2.24, 2.45) is 4.99 Å². The molecule has 1 aromatic rings. The molecule has 138 valence electrons. The summed E-state index contributed by atoms with van der Waals surface area (Å²) in [6, 6.07) is 0.603. The molecule has 0 aromatic carbocycles. The van der Waals surface area contributed by atoms with E-state index >= 15 is 0 Å². The van der Waals surface area contributed by atoms with Crippen LogP contribution in [0.25, 0.3) is 0 Å². The second kappa shape index (κ2) is 12.0. The number of piperidine rings is 1. The normalized spacial score (nSPS) is 19.0. The Bertz CT molecular complexity index is 491. The van der Waals surface area contributed by atoms with Gasteiger partial charge >= 0.3 is 0 Å². The highest BCUT2D eigenvalue weighted by atomic mass is 127. The molecule has 7 heteroatoms. The maximum Gasteiger partial charge on any atom is 0.191 e. The van der Waals surface area contributed by atoms with Gasteiger partial charge in [0, 0.05) is 36.6 Å². The van der Waals surface area contributed by atoms with Crippen molar-refractivity contribution in [1.29, 1.82) is 0 Å². The maximum absolute atomic E-state index is 4.81. The van der Waals surface area contributed by atoms with Crippen LogP contribution in [0.4, 0.5) is 0 Å². The number of aromatic nitrogens is 1. The number of hydrogen-bond donors (Lipinski definition) is 2. The summed E-state index contributed by atoms with van der Waals surface area (Å²) in [6.07, 6.45) is 6.84. The van der Waals surface area contributed by atoms with Crippen LogP contribution in [-0.4, -0.2) is 54.6 Å². The van der Waals surface area contributed by atoms with Crippen molar-refractivity contribution in [1.82, 2.24) is 20.5 Å². The summed E-state index contributed by atoms with van der Waals surface area (Å²) < 4.78 is 0. The van der Waals surface area contributed by atoms with Gasteiger partial charge in [0.2, 0.25) is 0 Å².